The van der Waals surface area contributed by atoms with Crippen molar-refractivity contribution in [1.29, 1.82) is 0 Å². The Balaban J connectivity index is 1.79. The molecule has 0 saturated heterocycles. The average molecular weight is 594 g/mol. The van der Waals surface area contributed by atoms with Gasteiger partial charge in [0.05, 0.1) is 17.8 Å². The molecular formula is C27H31F4N5O4Si. The Labute approximate surface area is 235 Å². The smallest absolute Gasteiger partial charge is 0.388 e. The number of fused-ring (bicyclic) bond motifs is 2. The largest absolute Gasteiger partial charge is 0.474 e. The van der Waals surface area contributed by atoms with Crippen molar-refractivity contribution >= 4 is 19.1 Å². The van der Waals surface area contributed by atoms with Crippen molar-refractivity contribution in [3.8, 4) is 34.1 Å². The summed E-state index contributed by atoms with van der Waals surface area (Å²) in [7, 11) is 0.0737. The van der Waals surface area contributed by atoms with Crippen LogP contribution in [0.2, 0.25) is 25.7 Å². The van der Waals surface area contributed by atoms with Crippen LogP contribution in [0.3, 0.4) is 0 Å². The molecule has 0 aliphatic carbocycles. The molecule has 4 aromatic heterocycles. The number of hydrogen-bond acceptors (Lipinski definition) is 7. The van der Waals surface area contributed by atoms with Gasteiger partial charge in [0.2, 0.25) is 11.8 Å². The van der Waals surface area contributed by atoms with Crippen molar-refractivity contribution in [2.75, 3.05) is 20.3 Å². The Bertz CT molecular complexity index is 1520. The monoisotopic (exact) mass is 593 g/mol. The van der Waals surface area contributed by atoms with Gasteiger partial charge in [0.15, 0.2) is 0 Å². The van der Waals surface area contributed by atoms with E-state index >= 15 is 0 Å². The van der Waals surface area contributed by atoms with Crippen molar-refractivity contribution < 1.29 is 36.5 Å². The number of halogens is 4. The molecule has 1 aliphatic heterocycles. The van der Waals surface area contributed by atoms with Crippen molar-refractivity contribution in [1.82, 2.24) is 24.3 Å². The van der Waals surface area contributed by atoms with Crippen molar-refractivity contribution in [2.24, 2.45) is 0 Å². The molecule has 14 heteroatoms. The van der Waals surface area contributed by atoms with Crippen molar-refractivity contribution in [3.05, 3.63) is 42.4 Å². The summed E-state index contributed by atoms with van der Waals surface area (Å²) >= 11 is 0. The maximum Gasteiger partial charge on any atom is 0.388 e. The van der Waals surface area contributed by atoms with Crippen LogP contribution in [-0.4, -0.2) is 65.4 Å². The fourth-order valence-electron chi connectivity index (χ4n) is 4.80. The van der Waals surface area contributed by atoms with E-state index in [1.165, 1.54) is 18.0 Å². The Morgan fingerprint density at radius 3 is 2.54 bits per heavy atom. The standard InChI is InChI=1S/C27H31F4N5O4Si/c1-37-16-13-36-26(39-14-16)20(21(34-36)23(28)29)22-19(18-8-6-10-33-25(18)40-27(30)31)17-7-5-9-32-24(17)35(22)15-38-11-12-41(2,3)4/h5-10,16,23,27H,11-15H2,1-4H3/t16-/m0/s1. The Hall–Kier alpha value is -3.49. The predicted octanol–water partition coefficient (Wildman–Crippen LogP) is 6.22. The van der Waals surface area contributed by atoms with E-state index in [2.05, 4.69) is 34.7 Å². The maximum atomic E-state index is 14.6. The van der Waals surface area contributed by atoms with Crippen LogP contribution in [0.15, 0.2) is 36.7 Å². The van der Waals surface area contributed by atoms with Crippen LogP contribution in [-0.2, 0) is 22.7 Å². The van der Waals surface area contributed by atoms with Crippen LogP contribution >= 0.6 is 0 Å². The summed E-state index contributed by atoms with van der Waals surface area (Å²) in [6.45, 7) is 4.23. The van der Waals surface area contributed by atoms with Crippen LogP contribution in [0.1, 0.15) is 12.1 Å². The van der Waals surface area contributed by atoms with Gasteiger partial charge in [-0.1, -0.05) is 19.6 Å². The number of ether oxygens (including phenoxy) is 4. The second-order valence-corrected chi connectivity index (χ2v) is 16.4. The molecule has 220 valence electrons. The topological polar surface area (TPSA) is 85.4 Å². The number of hydrogen-bond donors (Lipinski definition) is 0. The van der Waals surface area contributed by atoms with Gasteiger partial charge < -0.3 is 23.5 Å². The van der Waals surface area contributed by atoms with E-state index in [1.807, 2.05) is 0 Å². The minimum atomic E-state index is -3.15. The number of alkyl halides is 4. The van der Waals surface area contributed by atoms with Crippen LogP contribution < -0.4 is 9.47 Å². The van der Waals surface area contributed by atoms with Crippen LogP contribution in [0.5, 0.6) is 11.8 Å². The molecule has 0 bridgehead atoms. The van der Waals surface area contributed by atoms with E-state index in [0.717, 1.165) is 6.04 Å². The lowest BCUT2D eigenvalue weighted by atomic mass is 9.99. The van der Waals surface area contributed by atoms with Gasteiger partial charge in [-0.3, -0.25) is 0 Å². The molecule has 0 amide bonds. The lowest BCUT2D eigenvalue weighted by Gasteiger charge is -2.24. The molecule has 5 rings (SSSR count). The summed E-state index contributed by atoms with van der Waals surface area (Å²) in [6, 6.07) is 7.40. The van der Waals surface area contributed by atoms with Gasteiger partial charge in [-0.05, 0) is 30.3 Å². The molecule has 1 atom stereocenters. The first kappa shape index (κ1) is 29.0. The third-order valence-corrected chi connectivity index (χ3v) is 8.47. The van der Waals surface area contributed by atoms with E-state index in [9.17, 15) is 17.6 Å². The molecule has 4 aromatic rings. The lowest BCUT2D eigenvalue weighted by molar-refractivity contribution is -0.0524. The highest BCUT2D eigenvalue weighted by Crippen LogP contribution is 2.49. The van der Waals surface area contributed by atoms with E-state index < -0.39 is 26.8 Å². The zero-order valence-corrected chi connectivity index (χ0v) is 24.1. The van der Waals surface area contributed by atoms with Gasteiger partial charge in [-0.2, -0.15) is 13.9 Å². The number of rotatable bonds is 11. The van der Waals surface area contributed by atoms with Gasteiger partial charge in [-0.15, -0.1) is 0 Å². The number of methoxy groups -OCH3 is 1. The Morgan fingerprint density at radius 2 is 1.83 bits per heavy atom. The fourth-order valence-corrected chi connectivity index (χ4v) is 5.55. The highest BCUT2D eigenvalue weighted by Gasteiger charge is 2.36. The molecule has 0 spiro atoms. The number of pyridine rings is 2. The van der Waals surface area contributed by atoms with Crippen LogP contribution in [0, 0.1) is 0 Å². The molecule has 9 nitrogen and oxygen atoms in total. The molecule has 0 radical (unpaired) electrons. The minimum absolute atomic E-state index is 0.0169. The van der Waals surface area contributed by atoms with E-state index in [-0.39, 0.29) is 54.6 Å². The van der Waals surface area contributed by atoms with Gasteiger partial charge in [0.25, 0.3) is 6.43 Å². The first-order valence-corrected chi connectivity index (χ1v) is 16.8. The summed E-state index contributed by atoms with van der Waals surface area (Å²) in [5, 5.41) is 4.70. The third kappa shape index (κ3) is 5.95. The predicted molar refractivity (Wildman–Crippen MR) is 146 cm³/mol. The van der Waals surface area contributed by atoms with Crippen molar-refractivity contribution in [2.45, 2.75) is 58.1 Å². The molecule has 1 aliphatic rings. The fraction of sp³-hybridized carbons (Fsp3) is 0.444. The van der Waals surface area contributed by atoms with Crippen LogP contribution in [0.4, 0.5) is 17.6 Å². The highest BCUT2D eigenvalue weighted by molar-refractivity contribution is 6.76. The van der Waals surface area contributed by atoms with Gasteiger partial charge in [0, 0.05) is 50.7 Å². The van der Waals surface area contributed by atoms with E-state index in [1.54, 1.807) is 35.0 Å². The second kappa shape index (κ2) is 11.8. The molecular weight excluding hydrogens is 562 g/mol. The summed E-state index contributed by atoms with van der Waals surface area (Å²) < 4.78 is 81.3. The second-order valence-electron chi connectivity index (χ2n) is 10.8. The minimum Gasteiger partial charge on any atom is -0.474 e. The quantitative estimate of drug-likeness (QED) is 0.116. The van der Waals surface area contributed by atoms with Crippen LogP contribution in [0.25, 0.3) is 33.4 Å². The maximum absolute atomic E-state index is 14.6. The highest BCUT2D eigenvalue weighted by atomic mass is 28.3. The molecule has 0 N–H and O–H groups in total. The van der Waals surface area contributed by atoms with Crippen molar-refractivity contribution in [3.63, 3.8) is 0 Å². The summed E-state index contributed by atoms with van der Waals surface area (Å²) in [5.74, 6) is -0.243. The number of aromatic nitrogens is 5. The third-order valence-electron chi connectivity index (χ3n) is 6.77. The van der Waals surface area contributed by atoms with Gasteiger partial charge >= 0.3 is 6.61 Å². The van der Waals surface area contributed by atoms with Gasteiger partial charge in [0.1, 0.15) is 30.8 Å². The molecule has 5 heterocycles. The number of nitrogens with zero attached hydrogens (tertiary/aromatic N) is 5. The van der Waals surface area contributed by atoms with E-state index in [0.29, 0.717) is 23.2 Å². The summed E-state index contributed by atoms with van der Waals surface area (Å²) in [5.41, 5.74) is 0.620. The molecule has 0 fully saturated rings. The molecule has 0 saturated carbocycles. The first-order chi connectivity index (χ1) is 19.6. The molecule has 0 aromatic carbocycles. The van der Waals surface area contributed by atoms with E-state index in [4.69, 9.17) is 18.9 Å². The van der Waals surface area contributed by atoms with Gasteiger partial charge in [-0.25, -0.2) is 23.4 Å². The summed E-state index contributed by atoms with van der Waals surface area (Å²) in [6.07, 6.45) is -0.478. The SMILES string of the molecule is CO[C@@H]1COc2c(-c3c(-c4cccnc4OC(F)F)c4cccnc4n3COCC[Si](C)(C)C)c(C(F)F)nn2C1. The first-order valence-electron chi connectivity index (χ1n) is 13.1. The zero-order valence-electron chi connectivity index (χ0n) is 23.1. The molecule has 0 unspecified atom stereocenters. The zero-order chi connectivity index (χ0) is 29.3. The summed E-state index contributed by atoms with van der Waals surface area (Å²) in [4.78, 5) is 8.56. The average Bonchev–Trinajstić information content (AvgIpc) is 3.45. The lowest BCUT2D eigenvalue weighted by Crippen LogP contribution is -2.32. The molecule has 41 heavy (non-hydrogen) atoms. The normalized spacial score (nSPS) is 15.5. The Kier molecular flexibility index (Phi) is 8.34. The Morgan fingerprint density at radius 1 is 1.07 bits per heavy atom.